The van der Waals surface area contributed by atoms with Crippen molar-refractivity contribution < 1.29 is 18.0 Å². The zero-order valence-electron chi connectivity index (χ0n) is 9.84. The van der Waals surface area contributed by atoms with Crippen LogP contribution in [-0.4, -0.2) is 5.24 Å². The van der Waals surface area contributed by atoms with Gasteiger partial charge in [-0.2, -0.15) is 13.2 Å². The minimum absolute atomic E-state index is 0.0252. The fraction of sp³-hybridized carbons (Fsp3) is 0.0714. The number of halogens is 5. The third-order valence-corrected chi connectivity index (χ3v) is 3.34. The summed E-state index contributed by atoms with van der Waals surface area (Å²) in [6.45, 7) is 0. The van der Waals surface area contributed by atoms with Crippen molar-refractivity contribution in [1.82, 2.24) is 0 Å². The molecule has 0 saturated carbocycles. The number of rotatable bonds is 2. The standard InChI is InChI=1S/C14H7Cl2F3O/c15-12-9(5-3-6-10(12)13(16)20)8-4-1-2-7-11(8)14(17,18)19/h1-7H. The highest BCUT2D eigenvalue weighted by Gasteiger charge is 2.33. The summed E-state index contributed by atoms with van der Waals surface area (Å²) < 4.78 is 39.0. The van der Waals surface area contributed by atoms with Gasteiger partial charge in [0, 0.05) is 5.56 Å². The van der Waals surface area contributed by atoms with Crippen molar-refractivity contribution in [3.63, 3.8) is 0 Å². The fourth-order valence-electron chi connectivity index (χ4n) is 1.86. The van der Waals surface area contributed by atoms with Crippen LogP contribution in [0.15, 0.2) is 42.5 Å². The van der Waals surface area contributed by atoms with Gasteiger partial charge in [0.05, 0.1) is 16.1 Å². The molecule has 0 radical (unpaired) electrons. The molecule has 0 aromatic heterocycles. The average molecular weight is 319 g/mol. The van der Waals surface area contributed by atoms with E-state index in [1.807, 2.05) is 0 Å². The van der Waals surface area contributed by atoms with Gasteiger partial charge in [-0.3, -0.25) is 4.79 Å². The highest BCUT2D eigenvalue weighted by Crippen LogP contribution is 2.40. The first-order valence-corrected chi connectivity index (χ1v) is 6.23. The Bertz CT molecular complexity index is 666. The molecule has 0 spiro atoms. The molecule has 1 nitrogen and oxygen atoms in total. The maximum absolute atomic E-state index is 13.0. The quantitative estimate of drug-likeness (QED) is 0.677. The van der Waals surface area contributed by atoms with Crippen LogP contribution < -0.4 is 0 Å². The average Bonchev–Trinajstić information content (AvgIpc) is 2.37. The number of benzene rings is 2. The van der Waals surface area contributed by atoms with Gasteiger partial charge >= 0.3 is 6.18 Å². The van der Waals surface area contributed by atoms with Crippen molar-refractivity contribution in [3.8, 4) is 11.1 Å². The summed E-state index contributed by atoms with van der Waals surface area (Å²) in [4.78, 5) is 11.2. The Morgan fingerprint density at radius 2 is 1.55 bits per heavy atom. The van der Waals surface area contributed by atoms with Gasteiger partial charge in [-0.05, 0) is 29.3 Å². The van der Waals surface area contributed by atoms with E-state index >= 15 is 0 Å². The summed E-state index contributed by atoms with van der Waals surface area (Å²) in [5.41, 5.74) is -0.820. The lowest BCUT2D eigenvalue weighted by molar-refractivity contribution is -0.137. The normalized spacial score (nSPS) is 11.4. The predicted octanol–water partition coefficient (Wildman–Crippen LogP) is 5.40. The second-order valence-electron chi connectivity index (χ2n) is 3.98. The third-order valence-electron chi connectivity index (χ3n) is 2.73. The van der Waals surface area contributed by atoms with E-state index in [1.54, 1.807) is 0 Å². The summed E-state index contributed by atoms with van der Waals surface area (Å²) in [5, 5.41) is -0.912. The van der Waals surface area contributed by atoms with Crippen LogP contribution in [0.5, 0.6) is 0 Å². The molecule has 0 aliphatic rings. The Morgan fingerprint density at radius 1 is 0.950 bits per heavy atom. The molecule has 2 aromatic carbocycles. The molecule has 0 amide bonds. The van der Waals surface area contributed by atoms with Gasteiger partial charge in [0.15, 0.2) is 0 Å². The lowest BCUT2D eigenvalue weighted by Crippen LogP contribution is -2.07. The van der Waals surface area contributed by atoms with Crippen LogP contribution in [-0.2, 0) is 6.18 Å². The molecular formula is C14H7Cl2F3O. The molecule has 0 bridgehead atoms. The van der Waals surface area contributed by atoms with Crippen LogP contribution in [0.3, 0.4) is 0 Å². The van der Waals surface area contributed by atoms with E-state index in [1.165, 1.54) is 36.4 Å². The SMILES string of the molecule is O=C(Cl)c1cccc(-c2ccccc2C(F)(F)F)c1Cl. The second-order valence-corrected chi connectivity index (χ2v) is 4.71. The van der Waals surface area contributed by atoms with Crippen molar-refractivity contribution in [2.45, 2.75) is 6.18 Å². The zero-order chi connectivity index (χ0) is 14.9. The van der Waals surface area contributed by atoms with Gasteiger partial charge in [-0.25, -0.2) is 0 Å². The Kier molecular flexibility index (Phi) is 4.06. The van der Waals surface area contributed by atoms with E-state index in [-0.39, 0.29) is 21.7 Å². The van der Waals surface area contributed by atoms with Crippen LogP contribution in [0.4, 0.5) is 13.2 Å². The van der Waals surface area contributed by atoms with Crippen molar-refractivity contribution in [2.75, 3.05) is 0 Å². The van der Waals surface area contributed by atoms with Gasteiger partial charge in [0.1, 0.15) is 0 Å². The van der Waals surface area contributed by atoms with Crippen LogP contribution >= 0.6 is 23.2 Å². The topological polar surface area (TPSA) is 17.1 Å². The van der Waals surface area contributed by atoms with Crippen LogP contribution in [0.1, 0.15) is 15.9 Å². The number of carbonyl (C=O) groups is 1. The number of alkyl halides is 3. The lowest BCUT2D eigenvalue weighted by Gasteiger charge is -2.14. The highest BCUT2D eigenvalue weighted by molar-refractivity contribution is 6.69. The maximum atomic E-state index is 13.0. The number of carbonyl (C=O) groups excluding carboxylic acids is 1. The maximum Gasteiger partial charge on any atom is 0.417 e. The molecule has 6 heteroatoms. The van der Waals surface area contributed by atoms with E-state index in [0.29, 0.717) is 0 Å². The Labute approximate surface area is 122 Å². The zero-order valence-corrected chi connectivity index (χ0v) is 11.4. The van der Waals surface area contributed by atoms with Gasteiger partial charge in [-0.15, -0.1) is 0 Å². The molecule has 0 heterocycles. The van der Waals surface area contributed by atoms with Crippen LogP contribution in [0.25, 0.3) is 11.1 Å². The van der Waals surface area contributed by atoms with Crippen molar-refractivity contribution in [3.05, 3.63) is 58.6 Å². The van der Waals surface area contributed by atoms with E-state index in [4.69, 9.17) is 23.2 Å². The number of hydrogen-bond acceptors (Lipinski definition) is 1. The molecule has 0 unspecified atom stereocenters. The molecular weight excluding hydrogens is 312 g/mol. The molecule has 0 aliphatic heterocycles. The first-order chi connectivity index (χ1) is 9.32. The molecule has 20 heavy (non-hydrogen) atoms. The fourth-order valence-corrected chi connectivity index (χ4v) is 2.38. The van der Waals surface area contributed by atoms with Gasteiger partial charge in [0.2, 0.25) is 0 Å². The van der Waals surface area contributed by atoms with Crippen molar-refractivity contribution in [1.29, 1.82) is 0 Å². The molecule has 0 aliphatic carbocycles. The van der Waals surface area contributed by atoms with Crippen molar-refractivity contribution in [2.24, 2.45) is 0 Å². The van der Waals surface area contributed by atoms with Crippen LogP contribution in [0, 0.1) is 0 Å². The third kappa shape index (κ3) is 2.81. The Morgan fingerprint density at radius 3 is 2.15 bits per heavy atom. The Hall–Kier alpha value is -1.52. The van der Waals surface area contributed by atoms with Gasteiger partial charge in [-0.1, -0.05) is 41.9 Å². The summed E-state index contributed by atoms with van der Waals surface area (Å²) >= 11 is 11.3. The van der Waals surface area contributed by atoms with Gasteiger partial charge in [0.25, 0.3) is 5.24 Å². The molecule has 0 fully saturated rings. The summed E-state index contributed by atoms with van der Waals surface area (Å²) in [5.74, 6) is 0. The summed E-state index contributed by atoms with van der Waals surface area (Å²) in [7, 11) is 0. The largest absolute Gasteiger partial charge is 0.417 e. The monoisotopic (exact) mass is 318 g/mol. The van der Waals surface area contributed by atoms with E-state index < -0.39 is 17.0 Å². The molecule has 0 N–H and O–H groups in total. The van der Waals surface area contributed by atoms with E-state index in [9.17, 15) is 18.0 Å². The summed E-state index contributed by atoms with van der Waals surface area (Å²) in [6, 6.07) is 9.22. The minimum atomic E-state index is -4.51. The minimum Gasteiger partial charge on any atom is -0.276 e. The van der Waals surface area contributed by atoms with E-state index in [0.717, 1.165) is 6.07 Å². The lowest BCUT2D eigenvalue weighted by atomic mass is 9.98. The number of hydrogen-bond donors (Lipinski definition) is 0. The Balaban J connectivity index is 2.70. The van der Waals surface area contributed by atoms with Gasteiger partial charge < -0.3 is 0 Å². The molecule has 2 aromatic rings. The molecule has 0 atom stereocenters. The van der Waals surface area contributed by atoms with Crippen molar-refractivity contribution >= 4 is 28.4 Å². The molecule has 2 rings (SSSR count). The summed E-state index contributed by atoms with van der Waals surface area (Å²) in [6.07, 6.45) is -4.51. The predicted molar refractivity (Wildman–Crippen MR) is 72.1 cm³/mol. The molecule has 104 valence electrons. The first kappa shape index (κ1) is 14.9. The second kappa shape index (κ2) is 5.46. The van der Waals surface area contributed by atoms with Crippen LogP contribution in [0.2, 0.25) is 5.02 Å². The van der Waals surface area contributed by atoms with E-state index in [2.05, 4.69) is 0 Å². The highest BCUT2D eigenvalue weighted by atomic mass is 35.5. The molecule has 0 saturated heterocycles. The smallest absolute Gasteiger partial charge is 0.276 e. The first-order valence-electron chi connectivity index (χ1n) is 5.47.